The number of hydrogen-bond acceptors (Lipinski definition) is 2. The van der Waals surface area contributed by atoms with Gasteiger partial charge in [-0.2, -0.15) is 5.10 Å². The molecule has 0 N–H and O–H groups in total. The van der Waals surface area contributed by atoms with E-state index in [2.05, 4.69) is 12.1 Å². The summed E-state index contributed by atoms with van der Waals surface area (Å²) in [5.41, 5.74) is 4.10. The molecule has 1 heterocycles. The highest BCUT2D eigenvalue weighted by atomic mass is 35.5. The summed E-state index contributed by atoms with van der Waals surface area (Å²) in [5.74, 6) is -0.249. The van der Waals surface area contributed by atoms with E-state index in [0.29, 0.717) is 5.02 Å². The quantitative estimate of drug-likeness (QED) is 0.579. The number of benzene rings is 3. The van der Waals surface area contributed by atoms with Crippen molar-refractivity contribution in [2.45, 2.75) is 12.5 Å². The van der Waals surface area contributed by atoms with E-state index in [1.165, 1.54) is 17.7 Å². The third kappa shape index (κ3) is 3.28. The fraction of sp³-hybridized carbons (Fsp3) is 0.0952. The Balaban J connectivity index is 1.74. The molecule has 2 nitrogen and oxygen atoms in total. The van der Waals surface area contributed by atoms with Crippen molar-refractivity contribution in [3.05, 3.63) is 101 Å². The normalized spacial score (nSPS) is 16.8. The monoisotopic (exact) mass is 350 g/mol. The molecule has 0 aliphatic carbocycles. The Morgan fingerprint density at radius 1 is 0.880 bits per heavy atom. The number of hydrogen-bond donors (Lipinski definition) is 0. The van der Waals surface area contributed by atoms with Crippen molar-refractivity contribution in [2.24, 2.45) is 5.10 Å². The van der Waals surface area contributed by atoms with Crippen molar-refractivity contribution in [1.82, 2.24) is 0 Å². The van der Waals surface area contributed by atoms with Crippen LogP contribution in [0.25, 0.3) is 0 Å². The molecule has 0 spiro atoms. The van der Waals surface area contributed by atoms with Gasteiger partial charge in [-0.15, -0.1) is 0 Å². The Labute approximate surface area is 151 Å². The predicted molar refractivity (Wildman–Crippen MR) is 101 cm³/mol. The Bertz CT molecular complexity index is 889. The van der Waals surface area contributed by atoms with Crippen LogP contribution in [0.2, 0.25) is 5.02 Å². The Kier molecular flexibility index (Phi) is 4.24. The third-order valence-corrected chi connectivity index (χ3v) is 4.62. The van der Waals surface area contributed by atoms with Crippen molar-refractivity contribution in [1.29, 1.82) is 0 Å². The summed E-state index contributed by atoms with van der Waals surface area (Å²) < 4.78 is 13.3. The molecule has 0 amide bonds. The van der Waals surface area contributed by atoms with E-state index in [1.54, 1.807) is 12.1 Å². The Morgan fingerprint density at radius 3 is 2.24 bits per heavy atom. The first-order valence-electron chi connectivity index (χ1n) is 8.14. The van der Waals surface area contributed by atoms with Gasteiger partial charge in [0.2, 0.25) is 0 Å². The van der Waals surface area contributed by atoms with Crippen LogP contribution in [0.4, 0.5) is 10.1 Å². The largest absolute Gasteiger partial charge is 0.257 e. The molecule has 3 aromatic carbocycles. The lowest BCUT2D eigenvalue weighted by Gasteiger charge is -2.24. The van der Waals surface area contributed by atoms with Crippen LogP contribution in [0, 0.1) is 5.82 Å². The van der Waals surface area contributed by atoms with Gasteiger partial charge in [0.15, 0.2) is 0 Å². The standard InChI is InChI=1S/C21H16ClFN2/c22-17-8-6-15(7-9-17)20-14-21(16-4-2-1-3-5-16)25(24-20)19-12-10-18(23)11-13-19/h1-13,21H,14H2/t21-/m0/s1. The summed E-state index contributed by atoms with van der Waals surface area (Å²) in [7, 11) is 0. The minimum absolute atomic E-state index is 0.0809. The zero-order chi connectivity index (χ0) is 17.2. The molecule has 0 unspecified atom stereocenters. The van der Waals surface area contributed by atoms with E-state index in [-0.39, 0.29) is 11.9 Å². The van der Waals surface area contributed by atoms with Gasteiger partial charge in [-0.1, -0.05) is 54.1 Å². The summed E-state index contributed by atoms with van der Waals surface area (Å²) in [4.78, 5) is 0. The average Bonchev–Trinajstić information content (AvgIpc) is 3.09. The van der Waals surface area contributed by atoms with Crippen LogP contribution in [-0.4, -0.2) is 5.71 Å². The van der Waals surface area contributed by atoms with Crippen LogP contribution >= 0.6 is 11.6 Å². The van der Waals surface area contributed by atoms with Gasteiger partial charge in [0.25, 0.3) is 0 Å². The zero-order valence-corrected chi connectivity index (χ0v) is 14.2. The van der Waals surface area contributed by atoms with Gasteiger partial charge in [0.05, 0.1) is 17.4 Å². The number of halogens is 2. The first-order valence-corrected chi connectivity index (χ1v) is 8.52. The second-order valence-electron chi connectivity index (χ2n) is 6.01. The number of hydrazone groups is 1. The molecule has 1 aliphatic heterocycles. The number of rotatable bonds is 3. The predicted octanol–water partition coefficient (Wildman–Crippen LogP) is 5.83. The van der Waals surface area contributed by atoms with Crippen LogP contribution in [0.15, 0.2) is 84.0 Å². The van der Waals surface area contributed by atoms with E-state index in [0.717, 1.165) is 23.4 Å². The molecule has 4 rings (SSSR count). The van der Waals surface area contributed by atoms with E-state index in [9.17, 15) is 4.39 Å². The second kappa shape index (κ2) is 6.69. The maximum Gasteiger partial charge on any atom is 0.123 e. The highest BCUT2D eigenvalue weighted by Gasteiger charge is 2.29. The summed E-state index contributed by atoms with van der Waals surface area (Å²) in [6, 6.07) is 24.5. The summed E-state index contributed by atoms with van der Waals surface area (Å²) in [5, 5.41) is 7.51. The topological polar surface area (TPSA) is 15.6 Å². The molecule has 0 radical (unpaired) electrons. The van der Waals surface area contributed by atoms with Gasteiger partial charge in [0, 0.05) is 11.4 Å². The molecule has 1 aliphatic rings. The molecule has 25 heavy (non-hydrogen) atoms. The molecular formula is C21H16ClFN2. The fourth-order valence-corrected chi connectivity index (χ4v) is 3.22. The van der Waals surface area contributed by atoms with Crippen molar-refractivity contribution >= 4 is 23.0 Å². The van der Waals surface area contributed by atoms with Crippen LogP contribution in [0.1, 0.15) is 23.6 Å². The fourth-order valence-electron chi connectivity index (χ4n) is 3.09. The van der Waals surface area contributed by atoms with E-state index in [1.807, 2.05) is 47.5 Å². The minimum Gasteiger partial charge on any atom is -0.257 e. The maximum atomic E-state index is 13.3. The summed E-state index contributed by atoms with van der Waals surface area (Å²) in [6.45, 7) is 0. The molecule has 0 saturated carbocycles. The molecule has 3 aromatic rings. The van der Waals surface area contributed by atoms with E-state index in [4.69, 9.17) is 16.7 Å². The SMILES string of the molecule is Fc1ccc(N2N=C(c3ccc(Cl)cc3)C[C@H]2c2ccccc2)cc1. The van der Waals surface area contributed by atoms with Crippen LogP contribution in [-0.2, 0) is 0 Å². The van der Waals surface area contributed by atoms with Gasteiger partial charge in [-0.05, 0) is 47.5 Å². The second-order valence-corrected chi connectivity index (χ2v) is 6.44. The van der Waals surface area contributed by atoms with Gasteiger partial charge in [-0.3, -0.25) is 5.01 Å². The highest BCUT2D eigenvalue weighted by Crippen LogP contribution is 2.36. The molecular weight excluding hydrogens is 335 g/mol. The van der Waals surface area contributed by atoms with Crippen molar-refractivity contribution in [3.63, 3.8) is 0 Å². The smallest absolute Gasteiger partial charge is 0.123 e. The molecule has 0 fully saturated rings. The lowest BCUT2D eigenvalue weighted by molar-refractivity contribution is 0.626. The van der Waals surface area contributed by atoms with E-state index < -0.39 is 0 Å². The van der Waals surface area contributed by atoms with Crippen molar-refractivity contribution < 1.29 is 4.39 Å². The first kappa shape index (κ1) is 15.9. The highest BCUT2D eigenvalue weighted by molar-refractivity contribution is 6.30. The third-order valence-electron chi connectivity index (χ3n) is 4.36. The van der Waals surface area contributed by atoms with Gasteiger partial charge in [-0.25, -0.2) is 4.39 Å². The van der Waals surface area contributed by atoms with Crippen LogP contribution in [0.3, 0.4) is 0 Å². The average molecular weight is 351 g/mol. The molecule has 4 heteroatoms. The summed E-state index contributed by atoms with van der Waals surface area (Å²) >= 11 is 6.00. The molecule has 0 bridgehead atoms. The van der Waals surface area contributed by atoms with Crippen LogP contribution in [0.5, 0.6) is 0 Å². The van der Waals surface area contributed by atoms with Crippen LogP contribution < -0.4 is 5.01 Å². The molecule has 124 valence electrons. The molecule has 0 aromatic heterocycles. The number of nitrogens with zero attached hydrogens (tertiary/aromatic N) is 2. The minimum atomic E-state index is -0.249. The van der Waals surface area contributed by atoms with Gasteiger partial charge < -0.3 is 0 Å². The van der Waals surface area contributed by atoms with Gasteiger partial charge >= 0.3 is 0 Å². The first-order chi connectivity index (χ1) is 12.2. The zero-order valence-electron chi connectivity index (χ0n) is 13.4. The van der Waals surface area contributed by atoms with Crippen molar-refractivity contribution in [3.8, 4) is 0 Å². The molecule has 1 atom stereocenters. The molecule has 0 saturated heterocycles. The van der Waals surface area contributed by atoms with Gasteiger partial charge in [0.1, 0.15) is 5.82 Å². The Hall–Kier alpha value is -2.65. The van der Waals surface area contributed by atoms with Crippen molar-refractivity contribution in [2.75, 3.05) is 5.01 Å². The van der Waals surface area contributed by atoms with E-state index >= 15 is 0 Å². The number of anilines is 1. The maximum absolute atomic E-state index is 13.3. The summed E-state index contributed by atoms with van der Waals surface area (Å²) in [6.07, 6.45) is 0.781. The lowest BCUT2D eigenvalue weighted by Crippen LogP contribution is -2.18. The Morgan fingerprint density at radius 2 is 1.56 bits per heavy atom. The lowest BCUT2D eigenvalue weighted by atomic mass is 9.98.